The molecule has 1 aromatic heterocycles. The molecule has 2 aliphatic heterocycles. The summed E-state index contributed by atoms with van der Waals surface area (Å²) in [7, 11) is 1.66. The number of carbonyl (C=O) groups is 2. The van der Waals surface area contributed by atoms with Gasteiger partial charge in [0.25, 0.3) is 0 Å². The van der Waals surface area contributed by atoms with Crippen molar-refractivity contribution in [3.63, 3.8) is 0 Å². The van der Waals surface area contributed by atoms with Gasteiger partial charge in [-0.1, -0.05) is 5.21 Å². The van der Waals surface area contributed by atoms with E-state index in [0.717, 1.165) is 37.1 Å². The Morgan fingerprint density at radius 3 is 3.04 bits per heavy atom. The third-order valence-electron chi connectivity index (χ3n) is 6.02. The van der Waals surface area contributed by atoms with Gasteiger partial charge in [-0.2, -0.15) is 0 Å². The van der Waals surface area contributed by atoms with Crippen molar-refractivity contribution in [1.29, 1.82) is 0 Å². The molecule has 1 N–H and O–H groups in total. The van der Waals surface area contributed by atoms with Crippen LogP contribution in [0.1, 0.15) is 30.7 Å². The Kier molecular flexibility index (Phi) is 4.23. The predicted molar refractivity (Wildman–Crippen MR) is 88.7 cm³/mol. The molecule has 8 heteroatoms. The van der Waals surface area contributed by atoms with Gasteiger partial charge in [0, 0.05) is 32.7 Å². The van der Waals surface area contributed by atoms with Gasteiger partial charge < -0.3 is 15.0 Å². The van der Waals surface area contributed by atoms with Crippen LogP contribution in [0.2, 0.25) is 0 Å². The molecule has 0 unspecified atom stereocenters. The van der Waals surface area contributed by atoms with Crippen LogP contribution < -0.4 is 5.32 Å². The second-order valence-electron chi connectivity index (χ2n) is 7.38. The molecule has 2 atom stereocenters. The number of amides is 2. The first-order chi connectivity index (χ1) is 12.1. The van der Waals surface area contributed by atoms with Gasteiger partial charge in [0.2, 0.25) is 11.8 Å². The average molecular weight is 347 g/mol. The van der Waals surface area contributed by atoms with Crippen LogP contribution in [0, 0.1) is 11.3 Å². The Morgan fingerprint density at radius 2 is 2.20 bits per heavy atom. The molecule has 3 aliphatic rings. The first-order valence-corrected chi connectivity index (χ1v) is 9.13. The van der Waals surface area contributed by atoms with E-state index in [9.17, 15) is 9.59 Å². The lowest BCUT2D eigenvalue weighted by Crippen LogP contribution is -2.49. The summed E-state index contributed by atoms with van der Waals surface area (Å²) in [4.78, 5) is 27.2. The maximum Gasteiger partial charge on any atom is 0.244 e. The second-order valence-corrected chi connectivity index (χ2v) is 7.38. The number of carbonyl (C=O) groups excluding carboxylic acids is 2. The van der Waals surface area contributed by atoms with Gasteiger partial charge in [0.05, 0.1) is 23.4 Å². The lowest BCUT2D eigenvalue weighted by molar-refractivity contribution is -0.139. The third kappa shape index (κ3) is 2.72. The van der Waals surface area contributed by atoms with E-state index in [2.05, 4.69) is 15.6 Å². The minimum absolute atomic E-state index is 0.0101. The quantitative estimate of drug-likeness (QED) is 0.816. The van der Waals surface area contributed by atoms with E-state index in [4.69, 9.17) is 4.74 Å². The summed E-state index contributed by atoms with van der Waals surface area (Å²) >= 11 is 0. The van der Waals surface area contributed by atoms with Crippen LogP contribution in [0.5, 0.6) is 0 Å². The van der Waals surface area contributed by atoms with Crippen molar-refractivity contribution >= 4 is 11.8 Å². The van der Waals surface area contributed by atoms with E-state index >= 15 is 0 Å². The Morgan fingerprint density at radius 1 is 1.36 bits per heavy atom. The number of likely N-dealkylation sites (tertiary alicyclic amines) is 1. The van der Waals surface area contributed by atoms with Crippen molar-refractivity contribution in [2.75, 3.05) is 33.4 Å². The maximum atomic E-state index is 12.9. The molecular weight excluding hydrogens is 322 g/mol. The topological polar surface area (TPSA) is 89.4 Å². The number of aryl methyl sites for hydroxylation is 1. The summed E-state index contributed by atoms with van der Waals surface area (Å²) in [6, 6.07) is 0. The molecule has 8 nitrogen and oxygen atoms in total. The van der Waals surface area contributed by atoms with Crippen molar-refractivity contribution in [3.05, 3.63) is 11.4 Å². The van der Waals surface area contributed by atoms with Crippen molar-refractivity contribution < 1.29 is 14.3 Å². The molecule has 136 valence electrons. The van der Waals surface area contributed by atoms with Gasteiger partial charge >= 0.3 is 0 Å². The molecule has 3 heterocycles. The van der Waals surface area contributed by atoms with Crippen molar-refractivity contribution in [2.24, 2.45) is 11.3 Å². The highest BCUT2D eigenvalue weighted by Gasteiger charge is 2.54. The fourth-order valence-corrected chi connectivity index (χ4v) is 4.54. The molecule has 25 heavy (non-hydrogen) atoms. The van der Waals surface area contributed by atoms with E-state index in [0.29, 0.717) is 32.7 Å². The van der Waals surface area contributed by atoms with Crippen LogP contribution in [-0.2, 0) is 33.7 Å². The van der Waals surface area contributed by atoms with Gasteiger partial charge in [-0.25, -0.2) is 4.68 Å². The zero-order chi connectivity index (χ0) is 17.4. The van der Waals surface area contributed by atoms with E-state index in [1.54, 1.807) is 11.7 Å². The van der Waals surface area contributed by atoms with Crippen LogP contribution in [0.3, 0.4) is 0 Å². The first kappa shape index (κ1) is 16.5. The Hall–Kier alpha value is -1.96. The van der Waals surface area contributed by atoms with Crippen LogP contribution in [0.4, 0.5) is 0 Å². The summed E-state index contributed by atoms with van der Waals surface area (Å²) in [5.74, 6) is 0.0972. The zero-order valence-corrected chi connectivity index (χ0v) is 14.7. The Labute approximate surface area is 146 Å². The van der Waals surface area contributed by atoms with Gasteiger partial charge in [-0.3, -0.25) is 9.59 Å². The highest BCUT2D eigenvalue weighted by Crippen LogP contribution is 2.42. The number of nitrogens with zero attached hydrogens (tertiary/aromatic N) is 4. The molecule has 4 rings (SSSR count). The SMILES string of the molecule is CNC(=O)[C@]12CCOC[C@H]1CN(C(=O)Cn1nnc3c1CCCC3)C2. The van der Waals surface area contributed by atoms with Gasteiger partial charge in [-0.05, 0) is 32.1 Å². The molecule has 2 amide bonds. The Bertz CT molecular complexity index is 688. The minimum atomic E-state index is -0.509. The molecule has 0 radical (unpaired) electrons. The third-order valence-corrected chi connectivity index (χ3v) is 6.02. The van der Waals surface area contributed by atoms with Gasteiger partial charge in [0.1, 0.15) is 6.54 Å². The first-order valence-electron chi connectivity index (χ1n) is 9.13. The molecule has 2 saturated heterocycles. The number of hydrogen-bond donors (Lipinski definition) is 1. The van der Waals surface area contributed by atoms with E-state index in [1.165, 1.54) is 0 Å². The summed E-state index contributed by atoms with van der Waals surface area (Å²) in [6.07, 6.45) is 4.82. The van der Waals surface area contributed by atoms with Crippen molar-refractivity contribution in [1.82, 2.24) is 25.2 Å². The number of fused-ring (bicyclic) bond motifs is 2. The summed E-state index contributed by atoms with van der Waals surface area (Å²) < 4.78 is 7.32. The van der Waals surface area contributed by atoms with Crippen LogP contribution in [0.25, 0.3) is 0 Å². The molecule has 0 bridgehead atoms. The highest BCUT2D eigenvalue weighted by molar-refractivity contribution is 5.85. The molecule has 1 aromatic rings. The number of hydrogen-bond acceptors (Lipinski definition) is 5. The number of nitrogens with one attached hydrogen (secondary N) is 1. The largest absolute Gasteiger partial charge is 0.381 e. The van der Waals surface area contributed by atoms with Crippen LogP contribution in [-0.4, -0.2) is 65.1 Å². The smallest absolute Gasteiger partial charge is 0.244 e. The zero-order valence-electron chi connectivity index (χ0n) is 14.7. The second kappa shape index (κ2) is 6.40. The normalized spacial score (nSPS) is 28.4. The fraction of sp³-hybridized carbons (Fsp3) is 0.765. The monoisotopic (exact) mass is 347 g/mol. The van der Waals surface area contributed by atoms with E-state index in [1.807, 2.05) is 4.90 Å². The average Bonchev–Trinajstić information content (AvgIpc) is 3.23. The summed E-state index contributed by atoms with van der Waals surface area (Å²) in [5, 5.41) is 11.2. The van der Waals surface area contributed by atoms with Crippen LogP contribution >= 0.6 is 0 Å². The van der Waals surface area contributed by atoms with Gasteiger partial charge in [-0.15, -0.1) is 5.10 Å². The fourth-order valence-electron chi connectivity index (χ4n) is 4.54. The summed E-state index contributed by atoms with van der Waals surface area (Å²) in [6.45, 7) is 2.36. The lowest BCUT2D eigenvalue weighted by Gasteiger charge is -2.36. The minimum Gasteiger partial charge on any atom is -0.381 e. The van der Waals surface area contributed by atoms with Crippen LogP contribution in [0.15, 0.2) is 0 Å². The highest BCUT2D eigenvalue weighted by atomic mass is 16.5. The molecular formula is C17H25N5O3. The summed E-state index contributed by atoms with van der Waals surface area (Å²) in [5.41, 5.74) is 1.62. The molecule has 0 spiro atoms. The molecule has 0 saturated carbocycles. The van der Waals surface area contributed by atoms with Gasteiger partial charge in [0.15, 0.2) is 0 Å². The molecule has 0 aromatic carbocycles. The van der Waals surface area contributed by atoms with Crippen molar-refractivity contribution in [3.8, 4) is 0 Å². The standard InChI is InChI=1S/C17H25N5O3/c1-18-16(24)17-6-7-25-10-12(17)8-21(11-17)15(23)9-22-14-5-3-2-4-13(14)19-20-22/h12H,2-11H2,1H3,(H,18,24)/t12-,17+/m1/s1. The maximum absolute atomic E-state index is 12.9. The Balaban J connectivity index is 1.50. The number of ether oxygens (including phenoxy) is 1. The lowest BCUT2D eigenvalue weighted by atomic mass is 9.73. The predicted octanol–water partition coefficient (Wildman–Crippen LogP) is -0.232. The molecule has 1 aliphatic carbocycles. The van der Waals surface area contributed by atoms with Crippen molar-refractivity contribution in [2.45, 2.75) is 38.6 Å². The number of aromatic nitrogens is 3. The van der Waals surface area contributed by atoms with E-state index in [-0.39, 0.29) is 24.3 Å². The van der Waals surface area contributed by atoms with E-state index < -0.39 is 5.41 Å². The number of rotatable bonds is 3. The molecule has 2 fully saturated rings.